The van der Waals surface area contributed by atoms with Gasteiger partial charge in [-0.1, -0.05) is 38.1 Å². The largest absolute Gasteiger partial charge is 0.411 e. The lowest BCUT2D eigenvalue weighted by atomic mass is 9.95. The van der Waals surface area contributed by atoms with Crippen LogP contribution < -0.4 is 5.32 Å². The number of nitrogens with one attached hydrogen (secondary N) is 1. The van der Waals surface area contributed by atoms with E-state index in [1.165, 1.54) is 0 Å². The normalized spacial score (nSPS) is 12.4. The molecular formula is C13H18N2O2. The maximum absolute atomic E-state index is 11.7. The highest BCUT2D eigenvalue weighted by Gasteiger charge is 2.20. The fourth-order valence-corrected chi connectivity index (χ4v) is 1.17. The summed E-state index contributed by atoms with van der Waals surface area (Å²) in [5.41, 5.74) is 1.68. The van der Waals surface area contributed by atoms with Crippen molar-refractivity contribution >= 4 is 17.3 Å². The number of benzene rings is 1. The van der Waals surface area contributed by atoms with Crippen molar-refractivity contribution in [2.75, 3.05) is 5.32 Å². The molecule has 0 unspecified atom stereocenters. The Bertz CT molecular complexity index is 428. The quantitative estimate of drug-likeness (QED) is 0.469. The number of nitrogens with zero attached hydrogens (tertiary/aromatic N) is 1. The Morgan fingerprint density at radius 2 is 1.76 bits per heavy atom. The second-order valence-corrected chi connectivity index (χ2v) is 4.97. The molecule has 92 valence electrons. The zero-order chi connectivity index (χ0) is 13.1. The summed E-state index contributed by atoms with van der Waals surface area (Å²) in [7, 11) is 0. The van der Waals surface area contributed by atoms with E-state index in [2.05, 4.69) is 10.5 Å². The minimum atomic E-state index is -0.416. The highest BCUT2D eigenvalue weighted by atomic mass is 16.4. The van der Waals surface area contributed by atoms with Crippen molar-refractivity contribution in [2.45, 2.75) is 27.7 Å². The van der Waals surface area contributed by atoms with E-state index >= 15 is 0 Å². The molecule has 0 saturated carbocycles. The number of amides is 1. The predicted octanol–water partition coefficient (Wildman–Crippen LogP) is 2.87. The van der Waals surface area contributed by atoms with E-state index < -0.39 is 5.41 Å². The minimum Gasteiger partial charge on any atom is -0.411 e. The second-order valence-electron chi connectivity index (χ2n) is 4.97. The van der Waals surface area contributed by atoms with Gasteiger partial charge in [-0.05, 0) is 24.6 Å². The molecule has 1 rings (SSSR count). The molecule has 4 nitrogen and oxygen atoms in total. The molecule has 0 aliphatic heterocycles. The minimum absolute atomic E-state index is 0.0298. The van der Waals surface area contributed by atoms with E-state index in [0.717, 1.165) is 11.3 Å². The van der Waals surface area contributed by atoms with Gasteiger partial charge >= 0.3 is 0 Å². The number of hydrogen-bond acceptors (Lipinski definition) is 3. The van der Waals surface area contributed by atoms with Gasteiger partial charge < -0.3 is 10.5 Å². The number of oxime groups is 1. The van der Waals surface area contributed by atoms with E-state index in [1.54, 1.807) is 31.2 Å². The lowest BCUT2D eigenvalue weighted by Crippen LogP contribution is -2.27. The first-order valence-electron chi connectivity index (χ1n) is 5.45. The third-order valence-corrected chi connectivity index (χ3v) is 2.39. The maximum Gasteiger partial charge on any atom is 0.229 e. The summed E-state index contributed by atoms with van der Waals surface area (Å²) < 4.78 is 0. The predicted molar refractivity (Wildman–Crippen MR) is 68.5 cm³/mol. The van der Waals surface area contributed by atoms with Crippen LogP contribution in [0.5, 0.6) is 0 Å². The Labute approximate surface area is 101 Å². The topological polar surface area (TPSA) is 61.7 Å². The van der Waals surface area contributed by atoms with Crippen LogP contribution in [0.25, 0.3) is 0 Å². The van der Waals surface area contributed by atoms with Crippen molar-refractivity contribution < 1.29 is 10.0 Å². The molecule has 0 atom stereocenters. The van der Waals surface area contributed by atoms with Crippen molar-refractivity contribution in [1.82, 2.24) is 0 Å². The van der Waals surface area contributed by atoms with Gasteiger partial charge in [-0.2, -0.15) is 0 Å². The van der Waals surface area contributed by atoms with Crippen molar-refractivity contribution in [2.24, 2.45) is 10.6 Å². The molecule has 0 spiro atoms. The lowest BCUT2D eigenvalue weighted by Gasteiger charge is -2.17. The fourth-order valence-electron chi connectivity index (χ4n) is 1.17. The number of hydrogen-bond donors (Lipinski definition) is 2. The zero-order valence-electron chi connectivity index (χ0n) is 10.6. The summed E-state index contributed by atoms with van der Waals surface area (Å²) >= 11 is 0. The van der Waals surface area contributed by atoms with Crippen LogP contribution in [-0.2, 0) is 4.79 Å². The molecular weight excluding hydrogens is 216 g/mol. The van der Waals surface area contributed by atoms with Gasteiger partial charge in [0.05, 0.1) is 5.71 Å². The first kappa shape index (κ1) is 13.2. The van der Waals surface area contributed by atoms with Crippen LogP contribution in [0.3, 0.4) is 0 Å². The van der Waals surface area contributed by atoms with Crippen molar-refractivity contribution in [1.29, 1.82) is 0 Å². The number of carbonyl (C=O) groups excluding carboxylic acids is 1. The Balaban J connectivity index is 2.80. The van der Waals surface area contributed by atoms with Crippen LogP contribution in [0.15, 0.2) is 29.4 Å². The second kappa shape index (κ2) is 4.99. The van der Waals surface area contributed by atoms with Gasteiger partial charge in [0, 0.05) is 11.1 Å². The molecule has 0 aliphatic rings. The molecule has 4 heteroatoms. The van der Waals surface area contributed by atoms with Crippen molar-refractivity contribution in [3.8, 4) is 0 Å². The molecule has 0 radical (unpaired) electrons. The Hall–Kier alpha value is -1.84. The molecule has 0 heterocycles. The number of rotatable bonds is 2. The van der Waals surface area contributed by atoms with E-state index in [1.807, 2.05) is 20.8 Å². The van der Waals surface area contributed by atoms with Crippen LogP contribution in [-0.4, -0.2) is 16.8 Å². The molecule has 0 aromatic heterocycles. The molecule has 0 saturated heterocycles. The maximum atomic E-state index is 11.7. The number of carbonyl (C=O) groups is 1. The molecule has 17 heavy (non-hydrogen) atoms. The molecule has 0 bridgehead atoms. The fraction of sp³-hybridized carbons (Fsp3) is 0.385. The van der Waals surface area contributed by atoms with Crippen LogP contribution in [0, 0.1) is 5.41 Å². The monoisotopic (exact) mass is 234 g/mol. The molecule has 0 fully saturated rings. The SMILES string of the molecule is C/C(=N\O)c1ccc(NC(=O)C(C)(C)C)cc1. The van der Waals surface area contributed by atoms with Gasteiger partial charge in [0.1, 0.15) is 0 Å². The van der Waals surface area contributed by atoms with Gasteiger partial charge in [-0.3, -0.25) is 4.79 Å². The van der Waals surface area contributed by atoms with Crippen LogP contribution >= 0.6 is 0 Å². The van der Waals surface area contributed by atoms with Gasteiger partial charge in [0.15, 0.2) is 0 Å². The van der Waals surface area contributed by atoms with E-state index in [0.29, 0.717) is 5.71 Å². The van der Waals surface area contributed by atoms with Gasteiger partial charge in [-0.15, -0.1) is 0 Å². The highest BCUT2D eigenvalue weighted by Crippen LogP contribution is 2.17. The summed E-state index contributed by atoms with van der Waals surface area (Å²) in [6.07, 6.45) is 0. The van der Waals surface area contributed by atoms with E-state index in [4.69, 9.17) is 5.21 Å². The van der Waals surface area contributed by atoms with Gasteiger partial charge in [-0.25, -0.2) is 0 Å². The highest BCUT2D eigenvalue weighted by molar-refractivity contribution is 5.99. The van der Waals surface area contributed by atoms with Gasteiger partial charge in [0.2, 0.25) is 5.91 Å². The standard InChI is InChI=1S/C13H18N2O2/c1-9(15-17)10-5-7-11(8-6-10)14-12(16)13(2,3)4/h5-8,17H,1-4H3,(H,14,16)/b15-9+. The summed E-state index contributed by atoms with van der Waals surface area (Å²) in [6, 6.07) is 7.17. The zero-order valence-corrected chi connectivity index (χ0v) is 10.6. The van der Waals surface area contributed by atoms with Crippen molar-refractivity contribution in [3.05, 3.63) is 29.8 Å². The lowest BCUT2D eigenvalue weighted by molar-refractivity contribution is -0.123. The Kier molecular flexibility index (Phi) is 3.89. The summed E-state index contributed by atoms with van der Waals surface area (Å²) in [5, 5.41) is 14.6. The molecule has 1 aromatic rings. The first-order valence-corrected chi connectivity index (χ1v) is 5.45. The molecule has 2 N–H and O–H groups in total. The summed E-state index contributed by atoms with van der Waals surface area (Å²) in [4.78, 5) is 11.7. The average Bonchev–Trinajstić information content (AvgIpc) is 2.27. The Morgan fingerprint density at radius 3 is 2.18 bits per heavy atom. The first-order chi connectivity index (χ1) is 7.84. The third-order valence-electron chi connectivity index (χ3n) is 2.39. The number of anilines is 1. The molecule has 1 aromatic carbocycles. The molecule has 1 amide bonds. The van der Waals surface area contributed by atoms with Gasteiger partial charge in [0.25, 0.3) is 0 Å². The smallest absolute Gasteiger partial charge is 0.229 e. The summed E-state index contributed by atoms with van der Waals surface area (Å²) in [5.74, 6) is -0.0298. The third kappa shape index (κ3) is 3.59. The van der Waals surface area contributed by atoms with Crippen LogP contribution in [0.4, 0.5) is 5.69 Å². The van der Waals surface area contributed by atoms with Crippen LogP contribution in [0.1, 0.15) is 33.3 Å². The summed E-state index contributed by atoms with van der Waals surface area (Å²) in [6.45, 7) is 7.29. The van der Waals surface area contributed by atoms with Crippen LogP contribution in [0.2, 0.25) is 0 Å². The average molecular weight is 234 g/mol. The van der Waals surface area contributed by atoms with E-state index in [9.17, 15) is 4.79 Å². The van der Waals surface area contributed by atoms with E-state index in [-0.39, 0.29) is 5.91 Å². The van der Waals surface area contributed by atoms with Crippen molar-refractivity contribution in [3.63, 3.8) is 0 Å². The molecule has 0 aliphatic carbocycles. The Morgan fingerprint density at radius 1 is 1.24 bits per heavy atom.